The third-order valence-corrected chi connectivity index (χ3v) is 2.89. The quantitative estimate of drug-likeness (QED) is 0.276. The molecule has 0 aromatic carbocycles. The second kappa shape index (κ2) is 6.84. The van der Waals surface area contributed by atoms with Gasteiger partial charge in [0.25, 0.3) is 0 Å². The average Bonchev–Trinajstić information content (AvgIpc) is 3.06. The van der Waals surface area contributed by atoms with Gasteiger partial charge in [-0.15, -0.1) is 12.3 Å². The Morgan fingerprint density at radius 2 is 2.33 bits per heavy atom. The fourth-order valence-electron chi connectivity index (χ4n) is 1.96. The molecule has 1 aliphatic rings. The fraction of sp³-hybridized carbons (Fsp3) is 0.833. The van der Waals surface area contributed by atoms with E-state index in [1.807, 2.05) is 6.92 Å². The van der Waals surface area contributed by atoms with Crippen molar-refractivity contribution < 1.29 is 4.74 Å². The summed E-state index contributed by atoms with van der Waals surface area (Å²) in [5.41, 5.74) is 2.87. The zero-order valence-electron chi connectivity index (χ0n) is 9.54. The van der Waals surface area contributed by atoms with E-state index < -0.39 is 0 Å². The summed E-state index contributed by atoms with van der Waals surface area (Å²) in [6.45, 7) is 2.79. The Kier molecular flexibility index (Phi) is 5.70. The molecule has 1 rings (SSSR count). The van der Waals surface area contributed by atoms with Crippen LogP contribution in [0.4, 0.5) is 0 Å². The fourth-order valence-corrected chi connectivity index (χ4v) is 1.96. The summed E-state index contributed by atoms with van der Waals surface area (Å²) in [5.74, 6) is 8.93. The van der Waals surface area contributed by atoms with E-state index in [1.54, 1.807) is 0 Å². The normalized spacial score (nSPS) is 19.5. The Hall–Kier alpha value is -0.560. The molecule has 86 valence electrons. The van der Waals surface area contributed by atoms with Gasteiger partial charge in [-0.05, 0) is 38.5 Å². The van der Waals surface area contributed by atoms with E-state index in [9.17, 15) is 0 Å². The number of terminal acetylenes is 1. The first-order chi connectivity index (χ1) is 7.33. The van der Waals surface area contributed by atoms with Crippen LogP contribution in [0.25, 0.3) is 0 Å². The summed E-state index contributed by atoms with van der Waals surface area (Å²) in [5, 5.41) is 0. The number of nitrogens with two attached hydrogens (primary N) is 1. The van der Waals surface area contributed by atoms with Gasteiger partial charge in [0, 0.05) is 19.1 Å². The lowest BCUT2D eigenvalue weighted by atomic mass is 10.0. The summed E-state index contributed by atoms with van der Waals surface area (Å²) in [7, 11) is 0. The first kappa shape index (κ1) is 12.5. The molecule has 1 aliphatic carbocycles. The Morgan fingerprint density at radius 1 is 1.60 bits per heavy atom. The Morgan fingerprint density at radius 3 is 2.80 bits per heavy atom. The van der Waals surface area contributed by atoms with Crippen molar-refractivity contribution in [2.45, 2.75) is 51.2 Å². The van der Waals surface area contributed by atoms with Gasteiger partial charge in [-0.2, -0.15) is 0 Å². The molecule has 0 heterocycles. The third kappa shape index (κ3) is 4.21. The number of hydrogen-bond donors (Lipinski definition) is 2. The standard InChI is InChI=1S/C12H22N2O/c1-3-5-6-7-11(14-13)12(15-4-2)10-8-9-10/h1,10-12,14H,4-9,13H2,2H3. The van der Waals surface area contributed by atoms with Crippen LogP contribution < -0.4 is 11.3 Å². The summed E-state index contributed by atoms with van der Waals surface area (Å²) in [4.78, 5) is 0. The van der Waals surface area contributed by atoms with Crippen LogP contribution in [0.1, 0.15) is 39.0 Å². The van der Waals surface area contributed by atoms with E-state index in [2.05, 4.69) is 11.3 Å². The molecule has 3 N–H and O–H groups in total. The second-order valence-corrected chi connectivity index (χ2v) is 4.13. The largest absolute Gasteiger partial charge is 0.377 e. The minimum atomic E-state index is 0.255. The zero-order chi connectivity index (χ0) is 11.1. The molecule has 0 amide bonds. The van der Waals surface area contributed by atoms with Crippen molar-refractivity contribution in [3.8, 4) is 12.3 Å². The van der Waals surface area contributed by atoms with E-state index in [1.165, 1.54) is 12.8 Å². The Balaban J connectivity index is 2.35. The van der Waals surface area contributed by atoms with Gasteiger partial charge in [-0.3, -0.25) is 11.3 Å². The minimum Gasteiger partial charge on any atom is -0.377 e. The lowest BCUT2D eigenvalue weighted by Crippen LogP contribution is -2.46. The van der Waals surface area contributed by atoms with E-state index in [4.69, 9.17) is 17.0 Å². The van der Waals surface area contributed by atoms with Crippen molar-refractivity contribution in [2.75, 3.05) is 6.61 Å². The second-order valence-electron chi connectivity index (χ2n) is 4.13. The molecular formula is C12H22N2O. The van der Waals surface area contributed by atoms with Crippen LogP contribution in [-0.2, 0) is 4.74 Å². The summed E-state index contributed by atoms with van der Waals surface area (Å²) in [6, 6.07) is 0.255. The molecule has 15 heavy (non-hydrogen) atoms. The highest BCUT2D eigenvalue weighted by molar-refractivity contribution is 4.91. The number of unbranched alkanes of at least 4 members (excludes halogenated alkanes) is 1. The van der Waals surface area contributed by atoms with Crippen LogP contribution in [0.2, 0.25) is 0 Å². The molecular weight excluding hydrogens is 188 g/mol. The molecule has 3 heteroatoms. The SMILES string of the molecule is C#CCCCC(NN)C(OCC)C1CC1. The van der Waals surface area contributed by atoms with Gasteiger partial charge in [-0.1, -0.05) is 0 Å². The number of hydrazine groups is 1. The molecule has 3 nitrogen and oxygen atoms in total. The topological polar surface area (TPSA) is 47.3 Å². The highest BCUT2D eigenvalue weighted by Crippen LogP contribution is 2.36. The van der Waals surface area contributed by atoms with Gasteiger partial charge < -0.3 is 4.74 Å². The van der Waals surface area contributed by atoms with Crippen molar-refractivity contribution in [1.29, 1.82) is 0 Å². The third-order valence-electron chi connectivity index (χ3n) is 2.89. The van der Waals surface area contributed by atoms with Crippen molar-refractivity contribution in [1.82, 2.24) is 5.43 Å². The van der Waals surface area contributed by atoms with Crippen LogP contribution in [0, 0.1) is 18.3 Å². The van der Waals surface area contributed by atoms with Gasteiger partial charge in [-0.25, -0.2) is 0 Å². The highest BCUT2D eigenvalue weighted by Gasteiger charge is 2.36. The predicted octanol–water partition coefficient (Wildman–Crippen LogP) is 1.44. The van der Waals surface area contributed by atoms with Crippen molar-refractivity contribution in [3.63, 3.8) is 0 Å². The summed E-state index contributed by atoms with van der Waals surface area (Å²) in [6.07, 6.45) is 10.9. The predicted molar refractivity (Wildman–Crippen MR) is 61.9 cm³/mol. The summed E-state index contributed by atoms with van der Waals surface area (Å²) >= 11 is 0. The van der Waals surface area contributed by atoms with E-state index in [0.717, 1.165) is 25.9 Å². The van der Waals surface area contributed by atoms with Crippen molar-refractivity contribution >= 4 is 0 Å². The molecule has 0 saturated heterocycles. The van der Waals surface area contributed by atoms with Gasteiger partial charge in [0.1, 0.15) is 0 Å². The molecule has 0 spiro atoms. The first-order valence-corrected chi connectivity index (χ1v) is 5.84. The first-order valence-electron chi connectivity index (χ1n) is 5.84. The number of rotatable bonds is 8. The minimum absolute atomic E-state index is 0.255. The molecule has 0 radical (unpaired) electrons. The molecule has 0 aromatic rings. The Bertz CT molecular complexity index is 208. The smallest absolute Gasteiger partial charge is 0.0769 e. The van der Waals surface area contributed by atoms with Crippen LogP contribution in [0.15, 0.2) is 0 Å². The molecule has 0 aromatic heterocycles. The highest BCUT2D eigenvalue weighted by atomic mass is 16.5. The zero-order valence-corrected chi connectivity index (χ0v) is 9.54. The lowest BCUT2D eigenvalue weighted by Gasteiger charge is -2.26. The average molecular weight is 210 g/mol. The van der Waals surface area contributed by atoms with Crippen LogP contribution in [0.3, 0.4) is 0 Å². The molecule has 0 bridgehead atoms. The van der Waals surface area contributed by atoms with Crippen LogP contribution >= 0.6 is 0 Å². The van der Waals surface area contributed by atoms with Crippen molar-refractivity contribution in [2.24, 2.45) is 11.8 Å². The number of hydrogen-bond acceptors (Lipinski definition) is 3. The molecule has 1 saturated carbocycles. The Labute approximate surface area is 92.7 Å². The van der Waals surface area contributed by atoms with Crippen LogP contribution in [-0.4, -0.2) is 18.8 Å². The van der Waals surface area contributed by atoms with Gasteiger partial charge in [0.2, 0.25) is 0 Å². The molecule has 0 aliphatic heterocycles. The number of nitrogens with one attached hydrogen (secondary N) is 1. The van der Waals surface area contributed by atoms with E-state index in [0.29, 0.717) is 5.92 Å². The maximum atomic E-state index is 5.76. The van der Waals surface area contributed by atoms with Gasteiger partial charge >= 0.3 is 0 Å². The van der Waals surface area contributed by atoms with Crippen molar-refractivity contribution in [3.05, 3.63) is 0 Å². The molecule has 2 unspecified atom stereocenters. The summed E-state index contributed by atoms with van der Waals surface area (Å²) < 4.78 is 5.76. The van der Waals surface area contributed by atoms with Gasteiger partial charge in [0.05, 0.1) is 6.10 Å². The molecule has 2 atom stereocenters. The van der Waals surface area contributed by atoms with Gasteiger partial charge in [0.15, 0.2) is 0 Å². The molecule has 1 fully saturated rings. The maximum Gasteiger partial charge on any atom is 0.0769 e. The monoisotopic (exact) mass is 210 g/mol. The maximum absolute atomic E-state index is 5.76. The number of ether oxygens (including phenoxy) is 1. The van der Waals surface area contributed by atoms with E-state index >= 15 is 0 Å². The van der Waals surface area contributed by atoms with Crippen LogP contribution in [0.5, 0.6) is 0 Å². The lowest BCUT2D eigenvalue weighted by molar-refractivity contribution is 0.0166. The van der Waals surface area contributed by atoms with E-state index in [-0.39, 0.29) is 12.1 Å².